The van der Waals surface area contributed by atoms with Crippen molar-refractivity contribution in [1.29, 1.82) is 0 Å². The molecule has 0 aromatic carbocycles. The third kappa shape index (κ3) is 7.04. The normalized spacial score (nSPS) is 21.9. The summed E-state index contributed by atoms with van der Waals surface area (Å²) in [5.41, 5.74) is 0. The van der Waals surface area contributed by atoms with Gasteiger partial charge in [0.2, 0.25) is 6.17 Å². The summed E-state index contributed by atoms with van der Waals surface area (Å²) in [7, 11) is 0. The van der Waals surface area contributed by atoms with Crippen molar-refractivity contribution in [2.24, 2.45) is 5.92 Å². The van der Waals surface area contributed by atoms with Crippen LogP contribution < -0.4 is 0 Å². The Balaban J connectivity index is 4.69. The summed E-state index contributed by atoms with van der Waals surface area (Å²) >= 11 is 0. The summed E-state index contributed by atoms with van der Waals surface area (Å²) < 4.78 is 128. The van der Waals surface area contributed by atoms with Crippen molar-refractivity contribution in [2.45, 2.75) is 82.5 Å². The van der Waals surface area contributed by atoms with Gasteiger partial charge in [0.05, 0.1) is 0 Å². The Labute approximate surface area is 133 Å². The summed E-state index contributed by atoms with van der Waals surface area (Å²) in [6, 6.07) is 0. The van der Waals surface area contributed by atoms with E-state index in [4.69, 9.17) is 0 Å². The molecule has 0 heterocycles. The van der Waals surface area contributed by atoms with Crippen LogP contribution >= 0.6 is 0 Å². The zero-order valence-corrected chi connectivity index (χ0v) is 13.0. The second-order valence-electron chi connectivity index (χ2n) is 6.01. The second kappa shape index (κ2) is 9.70. The zero-order chi connectivity index (χ0) is 19.2. The maximum absolute atomic E-state index is 13.4. The van der Waals surface area contributed by atoms with Gasteiger partial charge in [-0.2, -0.15) is 13.2 Å². The molecule has 0 nitrogen and oxygen atoms in total. The van der Waals surface area contributed by atoms with Gasteiger partial charge in [0.25, 0.3) is 0 Å². The molecule has 0 N–H and O–H groups in total. The van der Waals surface area contributed by atoms with Crippen LogP contribution in [0.25, 0.3) is 0 Å². The van der Waals surface area contributed by atoms with Crippen LogP contribution in [-0.4, -0.2) is 49.4 Å². The Bertz CT molecular complexity index is 345. The summed E-state index contributed by atoms with van der Waals surface area (Å²) in [6.45, 7) is 3.55. The van der Waals surface area contributed by atoms with Gasteiger partial charge in [-0.1, -0.05) is 26.7 Å². The van der Waals surface area contributed by atoms with Gasteiger partial charge in [0, 0.05) is 0 Å². The number of hydrogen-bond acceptors (Lipinski definition) is 0. The van der Waals surface area contributed by atoms with E-state index in [2.05, 4.69) is 0 Å². The van der Waals surface area contributed by atoms with Crippen LogP contribution in [-0.2, 0) is 0 Å². The average Bonchev–Trinajstić information content (AvgIpc) is 2.48. The second-order valence-corrected chi connectivity index (χ2v) is 6.01. The van der Waals surface area contributed by atoms with Crippen molar-refractivity contribution < 1.29 is 43.9 Å². The molecule has 0 saturated heterocycles. The van der Waals surface area contributed by atoms with Gasteiger partial charge in [0.1, 0.15) is 6.17 Å². The molecule has 0 aliphatic rings. The molecule has 0 radical (unpaired) electrons. The Morgan fingerprint density at radius 1 is 0.625 bits per heavy atom. The molecule has 0 fully saturated rings. The molecule has 0 aromatic rings. The Morgan fingerprint density at radius 3 is 1.46 bits per heavy atom. The lowest BCUT2D eigenvalue weighted by Crippen LogP contribution is -2.48. The third-order valence-corrected chi connectivity index (χ3v) is 3.42. The molecule has 0 aliphatic heterocycles. The standard InChI is InChI=1S/C14H20F10/c1-6(2)4-3-5-7(15)8(16)9(17)10(18)11(19)12(20)13(21)14(22,23)24/h6-13H,3-5H2,1-2H3. The van der Waals surface area contributed by atoms with Gasteiger partial charge in [-0.05, 0) is 12.3 Å². The van der Waals surface area contributed by atoms with Gasteiger partial charge < -0.3 is 0 Å². The highest BCUT2D eigenvalue weighted by Gasteiger charge is 2.53. The number of halogens is 10. The summed E-state index contributed by atoms with van der Waals surface area (Å²) in [4.78, 5) is 0. The summed E-state index contributed by atoms with van der Waals surface area (Å²) in [6.07, 6.45) is -31.2. The summed E-state index contributed by atoms with van der Waals surface area (Å²) in [5.74, 6) is 0.136. The smallest absolute Gasteiger partial charge is 0.244 e. The van der Waals surface area contributed by atoms with Gasteiger partial charge in [-0.25, -0.2) is 30.7 Å². The molecule has 10 heteroatoms. The van der Waals surface area contributed by atoms with Crippen molar-refractivity contribution in [1.82, 2.24) is 0 Å². The first-order valence-corrected chi connectivity index (χ1v) is 7.35. The number of alkyl halides is 10. The predicted molar refractivity (Wildman–Crippen MR) is 69.0 cm³/mol. The first kappa shape index (κ1) is 23.3. The van der Waals surface area contributed by atoms with Gasteiger partial charge >= 0.3 is 6.18 Å². The maximum atomic E-state index is 13.4. The van der Waals surface area contributed by atoms with Crippen LogP contribution in [0.1, 0.15) is 33.1 Å². The molecule has 0 aromatic heterocycles. The van der Waals surface area contributed by atoms with Crippen molar-refractivity contribution >= 4 is 0 Å². The van der Waals surface area contributed by atoms with Crippen LogP contribution in [0.15, 0.2) is 0 Å². The lowest BCUT2D eigenvalue weighted by Gasteiger charge is -2.26. The molecule has 146 valence electrons. The van der Waals surface area contributed by atoms with Crippen LogP contribution in [0.5, 0.6) is 0 Å². The largest absolute Gasteiger partial charge is 0.422 e. The Kier molecular flexibility index (Phi) is 9.41. The van der Waals surface area contributed by atoms with Gasteiger partial charge in [-0.15, -0.1) is 0 Å². The highest BCUT2D eigenvalue weighted by atomic mass is 19.4. The van der Waals surface area contributed by atoms with Crippen molar-refractivity contribution in [3.63, 3.8) is 0 Å². The average molecular weight is 378 g/mol. The fraction of sp³-hybridized carbons (Fsp3) is 1.00. The van der Waals surface area contributed by atoms with E-state index in [1.54, 1.807) is 13.8 Å². The molecule has 7 unspecified atom stereocenters. The molecular formula is C14H20F10. The van der Waals surface area contributed by atoms with Crippen LogP contribution in [0, 0.1) is 5.92 Å². The third-order valence-electron chi connectivity index (χ3n) is 3.42. The molecule has 24 heavy (non-hydrogen) atoms. The molecule has 0 rings (SSSR count). The van der Waals surface area contributed by atoms with Gasteiger partial charge in [-0.3, -0.25) is 0 Å². The molecule has 0 amide bonds. The minimum Gasteiger partial charge on any atom is -0.244 e. The minimum absolute atomic E-state index is 0.119. The van der Waals surface area contributed by atoms with E-state index in [0.717, 1.165) is 0 Å². The van der Waals surface area contributed by atoms with E-state index in [1.807, 2.05) is 0 Å². The van der Waals surface area contributed by atoms with E-state index >= 15 is 0 Å². The fourth-order valence-corrected chi connectivity index (χ4v) is 1.95. The molecule has 0 saturated carbocycles. The van der Waals surface area contributed by atoms with Crippen LogP contribution in [0.2, 0.25) is 0 Å². The summed E-state index contributed by atoms with van der Waals surface area (Å²) in [5, 5.41) is 0. The zero-order valence-electron chi connectivity index (χ0n) is 13.0. The van der Waals surface area contributed by atoms with E-state index in [0.29, 0.717) is 6.42 Å². The lowest BCUT2D eigenvalue weighted by molar-refractivity contribution is -0.206. The molecule has 0 spiro atoms. The lowest BCUT2D eigenvalue weighted by atomic mass is 9.96. The van der Waals surface area contributed by atoms with Crippen LogP contribution in [0.3, 0.4) is 0 Å². The predicted octanol–water partition coefficient (Wildman–Crippen LogP) is 5.74. The first-order chi connectivity index (χ1) is 10.8. The molecular weight excluding hydrogens is 358 g/mol. The van der Waals surface area contributed by atoms with Crippen molar-refractivity contribution in [3.8, 4) is 0 Å². The molecule has 0 aliphatic carbocycles. The molecule has 7 atom stereocenters. The minimum atomic E-state index is -5.83. The monoisotopic (exact) mass is 378 g/mol. The Morgan fingerprint density at radius 2 is 1.04 bits per heavy atom. The fourth-order valence-electron chi connectivity index (χ4n) is 1.95. The number of hydrogen-bond donors (Lipinski definition) is 0. The highest BCUT2D eigenvalue weighted by molar-refractivity contribution is 4.92. The van der Waals surface area contributed by atoms with E-state index < -0.39 is 55.8 Å². The maximum Gasteiger partial charge on any atom is 0.422 e. The van der Waals surface area contributed by atoms with Crippen molar-refractivity contribution in [2.75, 3.05) is 0 Å². The quantitative estimate of drug-likeness (QED) is 0.425. The van der Waals surface area contributed by atoms with Gasteiger partial charge in [0.15, 0.2) is 30.9 Å². The van der Waals surface area contributed by atoms with Crippen molar-refractivity contribution in [3.05, 3.63) is 0 Å². The first-order valence-electron chi connectivity index (χ1n) is 7.35. The van der Waals surface area contributed by atoms with E-state index in [9.17, 15) is 43.9 Å². The topological polar surface area (TPSA) is 0 Å². The van der Waals surface area contributed by atoms with E-state index in [-0.39, 0.29) is 12.3 Å². The van der Waals surface area contributed by atoms with E-state index in [1.165, 1.54) is 0 Å². The van der Waals surface area contributed by atoms with Crippen LogP contribution in [0.4, 0.5) is 43.9 Å². The SMILES string of the molecule is CC(C)CCCC(F)C(F)C(F)C(F)C(F)C(F)C(F)C(F)(F)F. The highest BCUT2D eigenvalue weighted by Crippen LogP contribution is 2.33. The Hall–Kier alpha value is -0.700. The number of rotatable bonds is 10. The molecule has 0 bridgehead atoms.